The fourth-order valence-electron chi connectivity index (χ4n) is 2.84. The van der Waals surface area contributed by atoms with E-state index in [1.54, 1.807) is 28.4 Å². The van der Waals surface area contributed by atoms with Crippen LogP contribution in [0.25, 0.3) is 10.2 Å². The number of nitrogens with zero attached hydrogens (tertiary/aromatic N) is 3. The second-order valence-corrected chi connectivity index (χ2v) is 7.49. The minimum absolute atomic E-state index is 0.141. The van der Waals surface area contributed by atoms with Gasteiger partial charge in [0, 0.05) is 6.54 Å². The molecule has 0 fully saturated rings. The molecule has 2 aromatic heterocycles. The quantitative estimate of drug-likeness (QED) is 0.666. The second kappa shape index (κ2) is 7.37. The van der Waals surface area contributed by atoms with Crippen molar-refractivity contribution in [3.05, 3.63) is 47.4 Å². The number of thiazole rings is 1. The molecule has 6 heteroatoms. The van der Waals surface area contributed by atoms with Crippen LogP contribution in [0.15, 0.2) is 34.9 Å². The number of furan rings is 1. The van der Waals surface area contributed by atoms with Gasteiger partial charge in [-0.2, -0.15) is 0 Å². The van der Waals surface area contributed by atoms with E-state index in [1.165, 1.54) is 17.4 Å². The lowest BCUT2D eigenvalue weighted by atomic mass is 10.1. The van der Waals surface area contributed by atoms with E-state index in [-0.39, 0.29) is 5.91 Å². The number of hydrogen-bond acceptors (Lipinski definition) is 5. The van der Waals surface area contributed by atoms with Gasteiger partial charge in [0.15, 0.2) is 10.9 Å². The predicted octanol–water partition coefficient (Wildman–Crippen LogP) is 4.10. The topological polar surface area (TPSA) is 49.6 Å². The minimum Gasteiger partial charge on any atom is -0.459 e. The van der Waals surface area contributed by atoms with Crippen molar-refractivity contribution in [1.82, 2.24) is 9.88 Å². The van der Waals surface area contributed by atoms with Crippen molar-refractivity contribution >= 4 is 32.6 Å². The minimum atomic E-state index is -0.141. The number of amides is 1. The van der Waals surface area contributed by atoms with Crippen molar-refractivity contribution in [1.29, 1.82) is 0 Å². The summed E-state index contributed by atoms with van der Waals surface area (Å²) in [5, 5.41) is 0.726. The van der Waals surface area contributed by atoms with E-state index < -0.39 is 0 Å². The van der Waals surface area contributed by atoms with E-state index in [4.69, 9.17) is 9.40 Å². The maximum atomic E-state index is 12.9. The van der Waals surface area contributed by atoms with E-state index in [1.807, 2.05) is 14.1 Å². The Morgan fingerprint density at radius 3 is 2.72 bits per heavy atom. The fraction of sp³-hybridized carbons (Fsp3) is 0.368. The number of hydrogen-bond donors (Lipinski definition) is 0. The lowest BCUT2D eigenvalue weighted by Crippen LogP contribution is -2.33. The van der Waals surface area contributed by atoms with Gasteiger partial charge in [-0.25, -0.2) is 4.98 Å². The highest BCUT2D eigenvalue weighted by atomic mass is 32.1. The predicted molar refractivity (Wildman–Crippen MR) is 103 cm³/mol. The Bertz CT molecular complexity index is 868. The molecule has 1 amide bonds. The summed E-state index contributed by atoms with van der Waals surface area (Å²) < 4.78 is 6.45. The molecule has 0 N–H and O–H groups in total. The Morgan fingerprint density at radius 2 is 2.04 bits per heavy atom. The van der Waals surface area contributed by atoms with Crippen molar-refractivity contribution in [2.75, 3.05) is 32.1 Å². The normalized spacial score (nSPS) is 11.4. The molecule has 1 aromatic carbocycles. The van der Waals surface area contributed by atoms with Crippen LogP contribution in [0.1, 0.15) is 28.1 Å². The summed E-state index contributed by atoms with van der Waals surface area (Å²) in [4.78, 5) is 21.5. The molecule has 0 aliphatic rings. The molecule has 0 spiro atoms. The Labute approximate surface area is 151 Å². The molecule has 0 saturated carbocycles. The lowest BCUT2D eigenvalue weighted by Gasteiger charge is -2.19. The first-order valence-corrected chi connectivity index (χ1v) is 9.15. The molecule has 3 aromatic rings. The number of carbonyl (C=O) groups is 1. The molecule has 25 heavy (non-hydrogen) atoms. The molecule has 0 aliphatic heterocycles. The third kappa shape index (κ3) is 3.91. The van der Waals surface area contributed by atoms with Gasteiger partial charge < -0.3 is 9.32 Å². The molecule has 0 radical (unpaired) electrons. The Balaban J connectivity index is 1.95. The zero-order valence-electron chi connectivity index (χ0n) is 15.1. The van der Waals surface area contributed by atoms with Gasteiger partial charge in [-0.15, -0.1) is 0 Å². The first kappa shape index (κ1) is 17.6. The molecule has 132 valence electrons. The molecule has 0 aliphatic carbocycles. The monoisotopic (exact) mass is 357 g/mol. The van der Waals surface area contributed by atoms with Crippen molar-refractivity contribution in [2.45, 2.75) is 20.3 Å². The first-order chi connectivity index (χ1) is 12.0. The number of benzene rings is 1. The molecule has 0 unspecified atom stereocenters. The number of aromatic nitrogens is 1. The van der Waals surface area contributed by atoms with E-state index >= 15 is 0 Å². The molecule has 0 atom stereocenters. The van der Waals surface area contributed by atoms with Gasteiger partial charge in [0.25, 0.3) is 5.91 Å². The standard InChI is InChI=1S/C19H23N3O2S/c1-13-11-14(2)17-15(12-13)20-19(25-17)22(9-6-8-21(3)4)18(23)16-7-5-10-24-16/h5,7,10-12H,6,8-9H2,1-4H3. The van der Waals surface area contributed by atoms with Crippen molar-refractivity contribution in [3.8, 4) is 0 Å². The number of fused-ring (bicyclic) bond motifs is 1. The van der Waals surface area contributed by atoms with Gasteiger partial charge in [-0.3, -0.25) is 9.69 Å². The molecular weight excluding hydrogens is 334 g/mol. The largest absolute Gasteiger partial charge is 0.459 e. The fourth-order valence-corrected chi connectivity index (χ4v) is 3.88. The van der Waals surface area contributed by atoms with E-state index in [0.29, 0.717) is 12.3 Å². The highest BCUT2D eigenvalue weighted by Crippen LogP contribution is 2.33. The van der Waals surface area contributed by atoms with Crippen molar-refractivity contribution < 1.29 is 9.21 Å². The van der Waals surface area contributed by atoms with Gasteiger partial charge in [0.1, 0.15) is 0 Å². The molecule has 3 rings (SSSR count). The van der Waals surface area contributed by atoms with Crippen LogP contribution in [0.4, 0.5) is 5.13 Å². The maximum absolute atomic E-state index is 12.9. The summed E-state index contributed by atoms with van der Waals surface area (Å²) in [5.41, 5.74) is 3.32. The highest BCUT2D eigenvalue weighted by Gasteiger charge is 2.23. The SMILES string of the molecule is Cc1cc(C)c2sc(N(CCCN(C)C)C(=O)c3ccco3)nc2c1. The van der Waals surface area contributed by atoms with Crippen LogP contribution in [0.2, 0.25) is 0 Å². The Kier molecular flexibility index (Phi) is 5.20. The van der Waals surface area contributed by atoms with Gasteiger partial charge in [0.05, 0.1) is 16.5 Å². The number of carbonyl (C=O) groups excluding carboxylic acids is 1. The highest BCUT2D eigenvalue weighted by molar-refractivity contribution is 7.22. The Hall–Kier alpha value is -2.18. The Morgan fingerprint density at radius 1 is 1.24 bits per heavy atom. The summed E-state index contributed by atoms with van der Waals surface area (Å²) in [7, 11) is 4.06. The van der Waals surface area contributed by atoms with Crippen LogP contribution in [-0.2, 0) is 0 Å². The van der Waals surface area contributed by atoms with Crippen LogP contribution in [-0.4, -0.2) is 43.0 Å². The third-order valence-electron chi connectivity index (χ3n) is 4.00. The zero-order valence-corrected chi connectivity index (χ0v) is 15.9. The van der Waals surface area contributed by atoms with Gasteiger partial charge in [-0.1, -0.05) is 17.4 Å². The smallest absolute Gasteiger partial charge is 0.295 e. The lowest BCUT2D eigenvalue weighted by molar-refractivity contribution is 0.0959. The van der Waals surface area contributed by atoms with Gasteiger partial charge >= 0.3 is 0 Å². The first-order valence-electron chi connectivity index (χ1n) is 8.33. The van der Waals surface area contributed by atoms with Gasteiger partial charge in [-0.05, 0) is 70.2 Å². The van der Waals surface area contributed by atoms with Crippen LogP contribution in [0.3, 0.4) is 0 Å². The average Bonchev–Trinajstić information content (AvgIpc) is 3.20. The van der Waals surface area contributed by atoms with E-state index in [0.717, 1.165) is 28.3 Å². The summed E-state index contributed by atoms with van der Waals surface area (Å²) in [6.07, 6.45) is 2.39. The van der Waals surface area contributed by atoms with Crippen molar-refractivity contribution in [3.63, 3.8) is 0 Å². The van der Waals surface area contributed by atoms with Crippen LogP contribution >= 0.6 is 11.3 Å². The second-order valence-electron chi connectivity index (χ2n) is 6.52. The number of aryl methyl sites for hydroxylation is 2. The average molecular weight is 357 g/mol. The number of rotatable bonds is 6. The number of anilines is 1. The third-order valence-corrected chi connectivity index (χ3v) is 5.23. The summed E-state index contributed by atoms with van der Waals surface area (Å²) in [6, 6.07) is 7.65. The van der Waals surface area contributed by atoms with E-state index in [9.17, 15) is 4.79 Å². The maximum Gasteiger partial charge on any atom is 0.295 e. The van der Waals surface area contributed by atoms with Gasteiger partial charge in [0.2, 0.25) is 0 Å². The van der Waals surface area contributed by atoms with Crippen LogP contribution in [0, 0.1) is 13.8 Å². The molecule has 0 bridgehead atoms. The summed E-state index contributed by atoms with van der Waals surface area (Å²) >= 11 is 1.56. The molecule has 0 saturated heterocycles. The van der Waals surface area contributed by atoms with E-state index in [2.05, 4.69) is 30.9 Å². The summed E-state index contributed by atoms with van der Waals surface area (Å²) in [6.45, 7) is 5.66. The van der Waals surface area contributed by atoms with Crippen molar-refractivity contribution in [2.24, 2.45) is 0 Å². The van der Waals surface area contributed by atoms with Crippen LogP contribution in [0.5, 0.6) is 0 Å². The molecule has 5 nitrogen and oxygen atoms in total. The van der Waals surface area contributed by atoms with Crippen LogP contribution < -0.4 is 4.90 Å². The summed E-state index contributed by atoms with van der Waals surface area (Å²) in [5.74, 6) is 0.203. The molecule has 2 heterocycles. The molecular formula is C19H23N3O2S. The zero-order chi connectivity index (χ0) is 18.0.